The molecule has 1 fully saturated rings. The number of hydrogen-bond acceptors (Lipinski definition) is 3. The maximum Gasteiger partial charge on any atom is 0.269 e. The first-order valence-corrected chi connectivity index (χ1v) is 7.71. The summed E-state index contributed by atoms with van der Waals surface area (Å²) in [5.74, 6) is 0.650. The van der Waals surface area contributed by atoms with Gasteiger partial charge in [0.1, 0.15) is 5.69 Å². The number of carbonyl (C=O) groups excluding carboxylic acids is 1. The Morgan fingerprint density at radius 2 is 2.35 bits per heavy atom. The molecular formula is C15H26N4O. The fourth-order valence-corrected chi connectivity index (χ4v) is 3.01. The average Bonchev–Trinajstić information content (AvgIpc) is 2.86. The Balaban J connectivity index is 1.94. The van der Waals surface area contributed by atoms with E-state index in [-0.39, 0.29) is 5.91 Å². The van der Waals surface area contributed by atoms with Gasteiger partial charge < -0.3 is 10.6 Å². The molecule has 2 unspecified atom stereocenters. The molecule has 2 atom stereocenters. The standard InChI is InChI=1S/C15H26N4O/c1-4-12-7-6-8-16-13(12)10-17-15(20)14-9-11(3)18-19(14)5-2/h9,12-13,16H,4-8,10H2,1-3H3,(H,17,20). The van der Waals surface area contributed by atoms with E-state index < -0.39 is 0 Å². The average molecular weight is 278 g/mol. The lowest BCUT2D eigenvalue weighted by Gasteiger charge is -2.32. The number of carbonyl (C=O) groups is 1. The number of nitrogens with one attached hydrogen (secondary N) is 2. The minimum Gasteiger partial charge on any atom is -0.349 e. The molecule has 0 radical (unpaired) electrons. The zero-order valence-corrected chi connectivity index (χ0v) is 12.8. The Morgan fingerprint density at radius 1 is 1.55 bits per heavy atom. The molecule has 1 aromatic heterocycles. The van der Waals surface area contributed by atoms with E-state index in [1.807, 2.05) is 19.9 Å². The van der Waals surface area contributed by atoms with E-state index in [1.165, 1.54) is 19.3 Å². The Kier molecular flexibility index (Phi) is 5.17. The van der Waals surface area contributed by atoms with E-state index in [0.29, 0.717) is 24.2 Å². The van der Waals surface area contributed by atoms with Gasteiger partial charge in [0.25, 0.3) is 5.91 Å². The van der Waals surface area contributed by atoms with Crippen LogP contribution in [0, 0.1) is 12.8 Å². The van der Waals surface area contributed by atoms with E-state index >= 15 is 0 Å². The van der Waals surface area contributed by atoms with Gasteiger partial charge in [-0.3, -0.25) is 9.48 Å². The van der Waals surface area contributed by atoms with Crippen LogP contribution in [-0.2, 0) is 6.54 Å². The van der Waals surface area contributed by atoms with E-state index in [0.717, 1.165) is 18.8 Å². The van der Waals surface area contributed by atoms with Crippen molar-refractivity contribution >= 4 is 5.91 Å². The third-order valence-electron chi connectivity index (χ3n) is 4.17. The quantitative estimate of drug-likeness (QED) is 0.862. The number of hydrogen-bond donors (Lipinski definition) is 2. The van der Waals surface area contributed by atoms with Crippen LogP contribution in [0.2, 0.25) is 0 Å². The van der Waals surface area contributed by atoms with Crippen LogP contribution in [0.1, 0.15) is 49.3 Å². The van der Waals surface area contributed by atoms with Gasteiger partial charge in [-0.15, -0.1) is 0 Å². The summed E-state index contributed by atoms with van der Waals surface area (Å²) in [6.07, 6.45) is 3.67. The van der Waals surface area contributed by atoms with Crippen LogP contribution in [-0.4, -0.2) is 34.8 Å². The summed E-state index contributed by atoms with van der Waals surface area (Å²) in [6.45, 7) is 8.62. The lowest BCUT2D eigenvalue weighted by molar-refractivity contribution is 0.0931. The predicted octanol–water partition coefficient (Wildman–Crippen LogP) is 1.72. The molecule has 1 aliphatic rings. The van der Waals surface area contributed by atoms with E-state index in [1.54, 1.807) is 4.68 Å². The zero-order valence-electron chi connectivity index (χ0n) is 12.8. The van der Waals surface area contributed by atoms with E-state index in [4.69, 9.17) is 0 Å². The molecule has 1 saturated heterocycles. The number of aryl methyl sites for hydroxylation is 2. The molecular weight excluding hydrogens is 252 g/mol. The summed E-state index contributed by atoms with van der Waals surface area (Å²) in [5.41, 5.74) is 1.55. The Bertz CT molecular complexity index is 455. The van der Waals surface area contributed by atoms with Crippen molar-refractivity contribution in [3.63, 3.8) is 0 Å². The van der Waals surface area contributed by atoms with Gasteiger partial charge in [0.2, 0.25) is 0 Å². The van der Waals surface area contributed by atoms with Crippen LogP contribution < -0.4 is 10.6 Å². The molecule has 0 aliphatic carbocycles. The zero-order chi connectivity index (χ0) is 14.5. The molecule has 0 bridgehead atoms. The third-order valence-corrected chi connectivity index (χ3v) is 4.17. The van der Waals surface area contributed by atoms with Gasteiger partial charge in [0.15, 0.2) is 0 Å². The second-order valence-corrected chi connectivity index (χ2v) is 5.57. The van der Waals surface area contributed by atoms with Crippen molar-refractivity contribution in [1.82, 2.24) is 20.4 Å². The summed E-state index contributed by atoms with van der Waals surface area (Å²) in [7, 11) is 0. The number of nitrogens with zero attached hydrogens (tertiary/aromatic N) is 2. The van der Waals surface area contributed by atoms with Gasteiger partial charge >= 0.3 is 0 Å². The van der Waals surface area contributed by atoms with Crippen LogP contribution in [0.15, 0.2) is 6.07 Å². The Morgan fingerprint density at radius 3 is 3.05 bits per heavy atom. The molecule has 2 N–H and O–H groups in total. The molecule has 1 aliphatic heterocycles. The van der Waals surface area contributed by atoms with Gasteiger partial charge in [0.05, 0.1) is 5.69 Å². The molecule has 5 nitrogen and oxygen atoms in total. The largest absolute Gasteiger partial charge is 0.349 e. The smallest absolute Gasteiger partial charge is 0.269 e. The van der Waals surface area contributed by atoms with Gasteiger partial charge in [-0.05, 0) is 45.2 Å². The van der Waals surface area contributed by atoms with Gasteiger partial charge in [-0.2, -0.15) is 5.10 Å². The number of aromatic nitrogens is 2. The summed E-state index contributed by atoms with van der Waals surface area (Å²) in [5, 5.41) is 10.9. The molecule has 20 heavy (non-hydrogen) atoms. The highest BCUT2D eigenvalue weighted by Crippen LogP contribution is 2.19. The monoisotopic (exact) mass is 278 g/mol. The maximum atomic E-state index is 12.3. The van der Waals surface area contributed by atoms with E-state index in [9.17, 15) is 4.79 Å². The lowest BCUT2D eigenvalue weighted by Crippen LogP contribution is -2.48. The lowest BCUT2D eigenvalue weighted by atomic mass is 9.88. The molecule has 0 saturated carbocycles. The van der Waals surface area contributed by atoms with Gasteiger partial charge in [0, 0.05) is 19.1 Å². The maximum absolute atomic E-state index is 12.3. The minimum absolute atomic E-state index is 0.0188. The topological polar surface area (TPSA) is 58.9 Å². The molecule has 2 heterocycles. The first-order chi connectivity index (χ1) is 9.65. The molecule has 2 rings (SSSR count). The van der Waals surface area contributed by atoms with Crippen molar-refractivity contribution in [2.24, 2.45) is 5.92 Å². The van der Waals surface area contributed by atoms with Crippen molar-refractivity contribution in [2.75, 3.05) is 13.1 Å². The Labute approximate surface area is 121 Å². The highest BCUT2D eigenvalue weighted by molar-refractivity contribution is 5.92. The SMILES string of the molecule is CCC1CCCNC1CNC(=O)c1cc(C)nn1CC. The summed E-state index contributed by atoms with van der Waals surface area (Å²) >= 11 is 0. The van der Waals surface area contributed by atoms with Crippen molar-refractivity contribution in [2.45, 2.75) is 52.6 Å². The molecule has 1 amide bonds. The van der Waals surface area contributed by atoms with Crippen LogP contribution in [0.5, 0.6) is 0 Å². The predicted molar refractivity (Wildman–Crippen MR) is 79.8 cm³/mol. The van der Waals surface area contributed by atoms with Crippen LogP contribution in [0.3, 0.4) is 0 Å². The first kappa shape index (κ1) is 15.0. The summed E-state index contributed by atoms with van der Waals surface area (Å²) < 4.78 is 1.76. The van der Waals surface area contributed by atoms with Crippen LogP contribution >= 0.6 is 0 Å². The third kappa shape index (κ3) is 3.39. The van der Waals surface area contributed by atoms with E-state index in [2.05, 4.69) is 22.7 Å². The second kappa shape index (κ2) is 6.88. The molecule has 0 aromatic carbocycles. The second-order valence-electron chi connectivity index (χ2n) is 5.57. The fourth-order valence-electron chi connectivity index (χ4n) is 3.01. The fraction of sp³-hybridized carbons (Fsp3) is 0.733. The Hall–Kier alpha value is -1.36. The van der Waals surface area contributed by atoms with Gasteiger partial charge in [-0.1, -0.05) is 13.3 Å². The van der Waals surface area contributed by atoms with Crippen molar-refractivity contribution in [3.05, 3.63) is 17.5 Å². The van der Waals surface area contributed by atoms with Crippen LogP contribution in [0.4, 0.5) is 0 Å². The van der Waals surface area contributed by atoms with Crippen LogP contribution in [0.25, 0.3) is 0 Å². The van der Waals surface area contributed by atoms with Crippen molar-refractivity contribution in [1.29, 1.82) is 0 Å². The summed E-state index contributed by atoms with van der Waals surface area (Å²) in [4.78, 5) is 12.3. The van der Waals surface area contributed by atoms with Crippen molar-refractivity contribution in [3.8, 4) is 0 Å². The number of piperidine rings is 1. The molecule has 0 spiro atoms. The molecule has 112 valence electrons. The summed E-state index contributed by atoms with van der Waals surface area (Å²) in [6, 6.07) is 2.25. The minimum atomic E-state index is -0.0188. The molecule has 1 aromatic rings. The molecule has 5 heteroatoms. The normalized spacial score (nSPS) is 22.8. The van der Waals surface area contributed by atoms with Gasteiger partial charge in [-0.25, -0.2) is 0 Å². The highest BCUT2D eigenvalue weighted by atomic mass is 16.2. The first-order valence-electron chi connectivity index (χ1n) is 7.71. The number of rotatable bonds is 5. The number of amides is 1. The van der Waals surface area contributed by atoms with Crippen molar-refractivity contribution < 1.29 is 4.79 Å². The highest BCUT2D eigenvalue weighted by Gasteiger charge is 2.24.